The van der Waals surface area contributed by atoms with E-state index in [9.17, 15) is 0 Å². The second-order valence-electron chi connectivity index (χ2n) is 4.15. The van der Waals surface area contributed by atoms with Gasteiger partial charge >= 0.3 is 0 Å². The van der Waals surface area contributed by atoms with Crippen LogP contribution >= 0.6 is 15.9 Å². The lowest BCUT2D eigenvalue weighted by Crippen LogP contribution is -2.17. The lowest BCUT2D eigenvalue weighted by Gasteiger charge is -2.18. The Hall–Kier alpha value is -1.32. The molecule has 94 valence electrons. The van der Waals surface area contributed by atoms with Gasteiger partial charge in [-0.05, 0) is 42.4 Å². The molecule has 0 amide bonds. The predicted octanol–water partition coefficient (Wildman–Crippen LogP) is 3.80. The van der Waals surface area contributed by atoms with Crippen molar-refractivity contribution in [3.8, 4) is 0 Å². The molecular weight excluding hydrogens is 288 g/mol. The molecule has 3 heteroatoms. The zero-order chi connectivity index (χ0) is 13.0. The van der Waals surface area contributed by atoms with Crippen LogP contribution in [0.3, 0.4) is 0 Å². The largest absolute Gasteiger partial charge is 0.388 e. The van der Waals surface area contributed by atoms with Gasteiger partial charge in [0.1, 0.15) is 0 Å². The Bertz CT molecular complexity index is 508. The van der Waals surface area contributed by atoms with Gasteiger partial charge in [0.05, 0.1) is 6.04 Å². The molecule has 1 unspecified atom stereocenters. The van der Waals surface area contributed by atoms with E-state index in [1.54, 1.807) is 0 Å². The molecule has 2 nitrogen and oxygen atoms in total. The van der Waals surface area contributed by atoms with Gasteiger partial charge in [-0.15, -0.1) is 0 Å². The van der Waals surface area contributed by atoms with Crippen molar-refractivity contribution in [1.29, 1.82) is 0 Å². The lowest BCUT2D eigenvalue weighted by molar-refractivity contribution is 0.691. The molecule has 1 atom stereocenters. The summed E-state index contributed by atoms with van der Waals surface area (Å²) in [7, 11) is 3.91. The van der Waals surface area contributed by atoms with Crippen LogP contribution in [-0.4, -0.2) is 14.1 Å². The second kappa shape index (κ2) is 6.03. The molecule has 2 aromatic carbocycles. The maximum absolute atomic E-state index is 3.52. The van der Waals surface area contributed by atoms with Crippen LogP contribution in [-0.2, 0) is 0 Å². The number of halogens is 1. The first kappa shape index (κ1) is 13.1. The highest BCUT2D eigenvalue weighted by Crippen LogP contribution is 2.25. The average Bonchev–Trinajstić information content (AvgIpc) is 2.40. The van der Waals surface area contributed by atoms with Crippen LogP contribution in [0.15, 0.2) is 53.0 Å². The third kappa shape index (κ3) is 2.92. The fraction of sp³-hybridized carbons (Fsp3) is 0.200. The van der Waals surface area contributed by atoms with Gasteiger partial charge in [-0.3, -0.25) is 0 Å². The SMILES string of the molecule is CNc1ccc(C(NC)c2cccc(Br)c2)cc1. The molecule has 0 heterocycles. The van der Waals surface area contributed by atoms with Gasteiger partial charge < -0.3 is 10.6 Å². The summed E-state index contributed by atoms with van der Waals surface area (Å²) >= 11 is 3.52. The molecule has 18 heavy (non-hydrogen) atoms. The molecule has 0 fully saturated rings. The molecule has 0 aromatic heterocycles. The summed E-state index contributed by atoms with van der Waals surface area (Å²) in [4.78, 5) is 0. The van der Waals surface area contributed by atoms with Gasteiger partial charge in [0, 0.05) is 17.2 Å². The van der Waals surface area contributed by atoms with Crippen LogP contribution < -0.4 is 10.6 Å². The number of anilines is 1. The van der Waals surface area contributed by atoms with E-state index in [1.807, 2.05) is 20.2 Å². The minimum atomic E-state index is 0.216. The van der Waals surface area contributed by atoms with Gasteiger partial charge in [-0.2, -0.15) is 0 Å². The molecule has 2 rings (SSSR count). The highest BCUT2D eigenvalue weighted by Gasteiger charge is 2.11. The molecule has 0 bridgehead atoms. The fourth-order valence-corrected chi connectivity index (χ4v) is 2.47. The number of hydrogen-bond acceptors (Lipinski definition) is 2. The summed E-state index contributed by atoms with van der Waals surface area (Å²) in [6.07, 6.45) is 0. The van der Waals surface area contributed by atoms with Crippen molar-refractivity contribution < 1.29 is 0 Å². The molecule has 0 spiro atoms. The summed E-state index contributed by atoms with van der Waals surface area (Å²) in [6.45, 7) is 0. The molecule has 0 aliphatic heterocycles. The van der Waals surface area contributed by atoms with Gasteiger partial charge in [0.15, 0.2) is 0 Å². The van der Waals surface area contributed by atoms with Crippen LogP contribution in [0, 0.1) is 0 Å². The molecule has 0 aliphatic carbocycles. The predicted molar refractivity (Wildman–Crippen MR) is 81.0 cm³/mol. The van der Waals surface area contributed by atoms with Crippen LogP contribution in [0.25, 0.3) is 0 Å². The molecule has 0 saturated heterocycles. The van der Waals surface area contributed by atoms with E-state index in [1.165, 1.54) is 11.1 Å². The summed E-state index contributed by atoms with van der Waals surface area (Å²) in [5.41, 5.74) is 3.64. The standard InChI is InChI=1S/C15H17BrN2/c1-17-14-8-6-11(7-9-14)15(18-2)12-4-3-5-13(16)10-12/h3-10,15,17-18H,1-2H3. The third-order valence-corrected chi connectivity index (χ3v) is 3.50. The van der Waals surface area contributed by atoms with E-state index < -0.39 is 0 Å². The normalized spacial score (nSPS) is 12.2. The minimum absolute atomic E-state index is 0.216. The Morgan fingerprint density at radius 1 is 0.944 bits per heavy atom. The van der Waals surface area contributed by atoms with Crippen LogP contribution in [0.2, 0.25) is 0 Å². The van der Waals surface area contributed by atoms with Crippen LogP contribution in [0.1, 0.15) is 17.2 Å². The van der Waals surface area contributed by atoms with Crippen molar-refractivity contribution in [2.24, 2.45) is 0 Å². The number of rotatable bonds is 4. The third-order valence-electron chi connectivity index (χ3n) is 3.00. The van der Waals surface area contributed by atoms with Gasteiger partial charge in [0.2, 0.25) is 0 Å². The van der Waals surface area contributed by atoms with Gasteiger partial charge in [-0.1, -0.05) is 40.2 Å². The molecule has 0 saturated carbocycles. The van der Waals surface area contributed by atoms with Crippen molar-refractivity contribution in [2.75, 3.05) is 19.4 Å². The Balaban J connectivity index is 2.32. The van der Waals surface area contributed by atoms with E-state index in [4.69, 9.17) is 0 Å². The Labute approximate surface area is 117 Å². The zero-order valence-electron chi connectivity index (χ0n) is 10.6. The number of hydrogen-bond donors (Lipinski definition) is 2. The molecule has 0 radical (unpaired) electrons. The van der Waals surface area contributed by atoms with Crippen LogP contribution in [0.5, 0.6) is 0 Å². The first-order valence-electron chi connectivity index (χ1n) is 5.95. The summed E-state index contributed by atoms with van der Waals surface area (Å²) in [5.74, 6) is 0. The maximum atomic E-state index is 3.52. The van der Waals surface area contributed by atoms with E-state index in [-0.39, 0.29) is 6.04 Å². The molecule has 2 aromatic rings. The number of benzene rings is 2. The Morgan fingerprint density at radius 2 is 1.67 bits per heavy atom. The van der Waals surface area contributed by atoms with E-state index in [0.29, 0.717) is 0 Å². The topological polar surface area (TPSA) is 24.1 Å². The smallest absolute Gasteiger partial charge is 0.0574 e. The Morgan fingerprint density at radius 3 is 2.22 bits per heavy atom. The van der Waals surface area contributed by atoms with Crippen molar-refractivity contribution in [3.63, 3.8) is 0 Å². The summed E-state index contributed by atoms with van der Waals surface area (Å²) in [5, 5.41) is 6.49. The maximum Gasteiger partial charge on any atom is 0.0574 e. The van der Waals surface area contributed by atoms with Crippen molar-refractivity contribution in [1.82, 2.24) is 5.32 Å². The fourth-order valence-electron chi connectivity index (χ4n) is 2.05. The molecule has 0 aliphatic rings. The van der Waals surface area contributed by atoms with Crippen LogP contribution in [0.4, 0.5) is 5.69 Å². The summed E-state index contributed by atoms with van der Waals surface area (Å²) < 4.78 is 1.10. The summed E-state index contributed by atoms with van der Waals surface area (Å²) in [6, 6.07) is 17.1. The van der Waals surface area contributed by atoms with E-state index in [0.717, 1.165) is 10.2 Å². The quantitative estimate of drug-likeness (QED) is 0.898. The van der Waals surface area contributed by atoms with Crippen molar-refractivity contribution in [2.45, 2.75) is 6.04 Å². The van der Waals surface area contributed by atoms with E-state index in [2.05, 4.69) is 69.0 Å². The second-order valence-corrected chi connectivity index (χ2v) is 5.06. The van der Waals surface area contributed by atoms with Gasteiger partial charge in [-0.25, -0.2) is 0 Å². The highest BCUT2D eigenvalue weighted by atomic mass is 79.9. The molecular formula is C15H17BrN2. The number of nitrogens with one attached hydrogen (secondary N) is 2. The highest BCUT2D eigenvalue weighted by molar-refractivity contribution is 9.10. The average molecular weight is 305 g/mol. The Kier molecular flexibility index (Phi) is 4.39. The minimum Gasteiger partial charge on any atom is -0.388 e. The van der Waals surface area contributed by atoms with Crippen molar-refractivity contribution in [3.05, 3.63) is 64.1 Å². The first-order valence-corrected chi connectivity index (χ1v) is 6.74. The monoisotopic (exact) mass is 304 g/mol. The lowest BCUT2D eigenvalue weighted by atomic mass is 9.99. The van der Waals surface area contributed by atoms with E-state index >= 15 is 0 Å². The zero-order valence-corrected chi connectivity index (χ0v) is 12.2. The molecule has 2 N–H and O–H groups in total. The van der Waals surface area contributed by atoms with Gasteiger partial charge in [0.25, 0.3) is 0 Å². The van der Waals surface area contributed by atoms with Crippen molar-refractivity contribution >= 4 is 21.6 Å². The first-order chi connectivity index (χ1) is 8.74.